The Morgan fingerprint density at radius 2 is 1.91 bits per heavy atom. The maximum Gasteiger partial charge on any atom is 0.191 e. The fourth-order valence-electron chi connectivity index (χ4n) is 2.03. The summed E-state index contributed by atoms with van der Waals surface area (Å²) < 4.78 is 5.65. The second-order valence-corrected chi connectivity index (χ2v) is 4.92. The number of pyridine rings is 1. The second kappa shape index (κ2) is 10.2. The van der Waals surface area contributed by atoms with Gasteiger partial charge in [-0.2, -0.15) is 0 Å². The van der Waals surface area contributed by atoms with Crippen LogP contribution < -0.4 is 15.4 Å². The standard InChI is InChI=1S/C18H24N4O/c1-2-19-18(21-13-11-16-8-6-7-12-20-16)22-14-15-23-17-9-4-3-5-10-17/h3-10,12H,2,11,13-15H2,1H3,(H2,19,21,22). The number of hydrogen-bond donors (Lipinski definition) is 2. The topological polar surface area (TPSA) is 58.5 Å². The van der Waals surface area contributed by atoms with Gasteiger partial charge in [0.05, 0.1) is 6.54 Å². The van der Waals surface area contributed by atoms with Gasteiger partial charge in [-0.15, -0.1) is 0 Å². The first kappa shape index (κ1) is 16.8. The van der Waals surface area contributed by atoms with E-state index < -0.39 is 0 Å². The molecule has 2 rings (SSSR count). The zero-order chi connectivity index (χ0) is 16.2. The predicted octanol–water partition coefficient (Wildman–Crippen LogP) is 2.26. The van der Waals surface area contributed by atoms with Crippen molar-refractivity contribution in [3.63, 3.8) is 0 Å². The van der Waals surface area contributed by atoms with Crippen LogP contribution >= 0.6 is 0 Å². The third kappa shape index (κ3) is 6.82. The third-order valence-corrected chi connectivity index (χ3v) is 3.11. The summed E-state index contributed by atoms with van der Waals surface area (Å²) in [6.07, 6.45) is 2.64. The van der Waals surface area contributed by atoms with E-state index in [-0.39, 0.29) is 0 Å². The summed E-state index contributed by atoms with van der Waals surface area (Å²) >= 11 is 0. The molecule has 0 aliphatic heterocycles. The van der Waals surface area contributed by atoms with Crippen LogP contribution in [-0.2, 0) is 6.42 Å². The van der Waals surface area contributed by atoms with Gasteiger partial charge in [0.1, 0.15) is 12.4 Å². The molecular formula is C18H24N4O. The molecule has 122 valence electrons. The van der Waals surface area contributed by atoms with E-state index in [2.05, 4.69) is 27.5 Å². The molecule has 5 nitrogen and oxygen atoms in total. The average Bonchev–Trinajstić information content (AvgIpc) is 2.60. The molecule has 0 spiro atoms. The SMILES string of the molecule is CCNC(=NCCc1ccccn1)NCCOc1ccccc1. The van der Waals surface area contributed by atoms with Crippen molar-refractivity contribution >= 4 is 5.96 Å². The largest absolute Gasteiger partial charge is 0.492 e. The first-order valence-electron chi connectivity index (χ1n) is 7.98. The number of guanidine groups is 1. The highest BCUT2D eigenvalue weighted by Crippen LogP contribution is 2.07. The first-order valence-corrected chi connectivity index (χ1v) is 7.98. The Kier molecular flexibility index (Phi) is 7.46. The summed E-state index contributed by atoms with van der Waals surface area (Å²) in [5.41, 5.74) is 1.06. The van der Waals surface area contributed by atoms with Crippen LogP contribution in [0.15, 0.2) is 59.7 Å². The van der Waals surface area contributed by atoms with Gasteiger partial charge in [-0.1, -0.05) is 24.3 Å². The van der Waals surface area contributed by atoms with Crippen LogP contribution in [-0.4, -0.2) is 37.2 Å². The van der Waals surface area contributed by atoms with Gasteiger partial charge in [0.2, 0.25) is 0 Å². The van der Waals surface area contributed by atoms with Crippen molar-refractivity contribution in [1.82, 2.24) is 15.6 Å². The van der Waals surface area contributed by atoms with Gasteiger partial charge in [-0.25, -0.2) is 0 Å². The van der Waals surface area contributed by atoms with Crippen molar-refractivity contribution in [2.45, 2.75) is 13.3 Å². The molecule has 0 unspecified atom stereocenters. The number of ether oxygens (including phenoxy) is 1. The Labute approximate surface area is 137 Å². The Hall–Kier alpha value is -2.56. The first-order chi connectivity index (χ1) is 11.4. The van der Waals surface area contributed by atoms with Crippen molar-refractivity contribution < 1.29 is 4.74 Å². The van der Waals surface area contributed by atoms with E-state index in [0.29, 0.717) is 19.7 Å². The summed E-state index contributed by atoms with van der Waals surface area (Å²) in [7, 11) is 0. The second-order valence-electron chi connectivity index (χ2n) is 4.92. The zero-order valence-corrected chi connectivity index (χ0v) is 13.5. The molecule has 1 aromatic carbocycles. The quantitative estimate of drug-likeness (QED) is 0.446. The van der Waals surface area contributed by atoms with Crippen LogP contribution in [0.5, 0.6) is 5.75 Å². The van der Waals surface area contributed by atoms with Gasteiger partial charge in [-0.05, 0) is 31.2 Å². The summed E-state index contributed by atoms with van der Waals surface area (Å²) in [5.74, 6) is 1.69. The van der Waals surface area contributed by atoms with Gasteiger partial charge in [0.15, 0.2) is 5.96 Å². The van der Waals surface area contributed by atoms with Crippen LogP contribution in [0.25, 0.3) is 0 Å². The zero-order valence-electron chi connectivity index (χ0n) is 13.5. The lowest BCUT2D eigenvalue weighted by atomic mass is 10.3. The smallest absolute Gasteiger partial charge is 0.191 e. The number of nitrogens with zero attached hydrogens (tertiary/aromatic N) is 2. The molecule has 0 saturated carbocycles. The van der Waals surface area contributed by atoms with Crippen LogP contribution in [0.4, 0.5) is 0 Å². The maximum atomic E-state index is 5.65. The van der Waals surface area contributed by atoms with Gasteiger partial charge in [-0.3, -0.25) is 9.98 Å². The minimum atomic E-state index is 0.592. The van der Waals surface area contributed by atoms with Crippen LogP contribution in [0, 0.1) is 0 Å². The van der Waals surface area contributed by atoms with Crippen LogP contribution in [0.1, 0.15) is 12.6 Å². The highest BCUT2D eigenvalue weighted by Gasteiger charge is 1.98. The summed E-state index contributed by atoms with van der Waals surface area (Å²) in [6, 6.07) is 15.7. The van der Waals surface area contributed by atoms with Crippen molar-refractivity contribution in [3.8, 4) is 5.75 Å². The lowest BCUT2D eigenvalue weighted by molar-refractivity contribution is 0.322. The van der Waals surface area contributed by atoms with Crippen molar-refractivity contribution in [1.29, 1.82) is 0 Å². The Morgan fingerprint density at radius 1 is 1.09 bits per heavy atom. The summed E-state index contributed by atoms with van der Waals surface area (Å²) in [5, 5.41) is 6.50. The van der Waals surface area contributed by atoms with Crippen LogP contribution in [0.3, 0.4) is 0 Å². The summed E-state index contributed by atoms with van der Waals surface area (Å²) in [4.78, 5) is 8.85. The minimum absolute atomic E-state index is 0.592. The molecule has 0 amide bonds. The molecular weight excluding hydrogens is 288 g/mol. The molecule has 1 heterocycles. The molecule has 2 aromatic rings. The number of benzene rings is 1. The predicted molar refractivity (Wildman–Crippen MR) is 93.9 cm³/mol. The van der Waals surface area contributed by atoms with Gasteiger partial charge in [0.25, 0.3) is 0 Å². The number of para-hydroxylation sites is 1. The lowest BCUT2D eigenvalue weighted by Crippen LogP contribution is -2.39. The molecule has 0 radical (unpaired) electrons. The van der Waals surface area contributed by atoms with E-state index in [1.54, 1.807) is 0 Å². The number of aliphatic imine (C=N–C) groups is 1. The van der Waals surface area contributed by atoms with E-state index in [0.717, 1.165) is 30.4 Å². The van der Waals surface area contributed by atoms with Gasteiger partial charge < -0.3 is 15.4 Å². The molecule has 2 N–H and O–H groups in total. The number of hydrogen-bond acceptors (Lipinski definition) is 3. The molecule has 5 heteroatoms. The highest BCUT2D eigenvalue weighted by atomic mass is 16.5. The molecule has 1 aromatic heterocycles. The Morgan fingerprint density at radius 3 is 2.65 bits per heavy atom. The van der Waals surface area contributed by atoms with E-state index in [1.807, 2.05) is 54.7 Å². The van der Waals surface area contributed by atoms with Crippen molar-refractivity contribution in [3.05, 3.63) is 60.4 Å². The van der Waals surface area contributed by atoms with Gasteiger partial charge in [0, 0.05) is 31.4 Å². The number of aromatic nitrogens is 1. The molecule has 0 atom stereocenters. The van der Waals surface area contributed by atoms with E-state index in [1.165, 1.54) is 0 Å². The third-order valence-electron chi connectivity index (χ3n) is 3.11. The molecule has 0 bridgehead atoms. The van der Waals surface area contributed by atoms with E-state index in [9.17, 15) is 0 Å². The van der Waals surface area contributed by atoms with E-state index >= 15 is 0 Å². The van der Waals surface area contributed by atoms with Gasteiger partial charge >= 0.3 is 0 Å². The normalized spacial score (nSPS) is 11.1. The highest BCUT2D eigenvalue weighted by molar-refractivity contribution is 5.79. The fourth-order valence-corrected chi connectivity index (χ4v) is 2.03. The fraction of sp³-hybridized carbons (Fsp3) is 0.333. The maximum absolute atomic E-state index is 5.65. The average molecular weight is 312 g/mol. The Bertz CT molecular complexity index is 572. The molecule has 23 heavy (non-hydrogen) atoms. The summed E-state index contributed by atoms with van der Waals surface area (Å²) in [6.45, 7) is 4.87. The van der Waals surface area contributed by atoms with Crippen molar-refractivity contribution in [2.75, 3.05) is 26.2 Å². The lowest BCUT2D eigenvalue weighted by Gasteiger charge is -2.12. The van der Waals surface area contributed by atoms with Crippen molar-refractivity contribution in [2.24, 2.45) is 4.99 Å². The molecule has 0 aliphatic rings. The van der Waals surface area contributed by atoms with Crippen LogP contribution in [0.2, 0.25) is 0 Å². The number of rotatable bonds is 8. The Balaban J connectivity index is 1.71. The molecule has 0 fully saturated rings. The monoisotopic (exact) mass is 312 g/mol. The minimum Gasteiger partial charge on any atom is -0.492 e. The molecule has 0 aliphatic carbocycles. The molecule has 0 saturated heterocycles. The van der Waals surface area contributed by atoms with E-state index in [4.69, 9.17) is 4.74 Å². The number of nitrogens with one attached hydrogen (secondary N) is 2.